The zero-order valence-corrected chi connectivity index (χ0v) is 17.1. The van der Waals surface area contributed by atoms with Crippen molar-refractivity contribution in [3.8, 4) is 5.75 Å². The van der Waals surface area contributed by atoms with E-state index >= 15 is 0 Å². The lowest BCUT2D eigenvalue weighted by Crippen LogP contribution is -2.54. The molecule has 0 radical (unpaired) electrons. The molecule has 4 heteroatoms. The van der Waals surface area contributed by atoms with Crippen LogP contribution in [0.1, 0.15) is 75.1 Å². The fourth-order valence-corrected chi connectivity index (χ4v) is 4.50. The van der Waals surface area contributed by atoms with Gasteiger partial charge in [0, 0.05) is 6.42 Å². The molecule has 0 spiro atoms. The van der Waals surface area contributed by atoms with Gasteiger partial charge in [0.05, 0.1) is 44.5 Å². The second-order valence-electron chi connectivity index (χ2n) is 8.66. The lowest BCUT2D eigenvalue weighted by molar-refractivity contribution is -0.936. The molecule has 4 nitrogen and oxygen atoms in total. The predicted molar refractivity (Wildman–Crippen MR) is 108 cm³/mol. The van der Waals surface area contributed by atoms with Gasteiger partial charge in [-0.3, -0.25) is 0 Å². The lowest BCUT2D eigenvalue weighted by Gasteiger charge is -2.43. The van der Waals surface area contributed by atoms with E-state index in [9.17, 15) is 4.79 Å². The second kappa shape index (κ2) is 9.59. The Morgan fingerprint density at radius 2 is 1.74 bits per heavy atom. The monoisotopic (exact) mass is 374 g/mol. The molecule has 0 aromatic heterocycles. The van der Waals surface area contributed by atoms with E-state index in [0.29, 0.717) is 24.3 Å². The number of hydrogen-bond acceptors (Lipinski definition) is 3. The fraction of sp³-hybridized carbons (Fsp3) is 0.696. The minimum Gasteiger partial charge on any atom is -0.490 e. The summed E-state index contributed by atoms with van der Waals surface area (Å²) < 4.78 is 12.6. The van der Waals surface area contributed by atoms with Gasteiger partial charge in [-0.1, -0.05) is 6.42 Å². The third-order valence-electron chi connectivity index (χ3n) is 6.60. The molecule has 2 unspecified atom stereocenters. The van der Waals surface area contributed by atoms with Gasteiger partial charge in [-0.15, -0.1) is 0 Å². The van der Waals surface area contributed by atoms with Crippen LogP contribution in [0, 0.1) is 0 Å². The largest absolute Gasteiger partial charge is 0.490 e. The summed E-state index contributed by atoms with van der Waals surface area (Å²) in [4.78, 5) is 12.3. The van der Waals surface area contributed by atoms with Crippen molar-refractivity contribution >= 4 is 5.97 Å². The highest BCUT2D eigenvalue weighted by Crippen LogP contribution is 2.25. The number of benzene rings is 1. The fourth-order valence-electron chi connectivity index (χ4n) is 4.50. The Bertz CT molecular complexity index is 594. The molecular weight excluding hydrogens is 338 g/mol. The molecule has 1 aromatic carbocycles. The van der Waals surface area contributed by atoms with E-state index in [1.807, 2.05) is 24.3 Å². The van der Waals surface area contributed by atoms with Gasteiger partial charge < -0.3 is 14.0 Å². The van der Waals surface area contributed by atoms with Crippen LogP contribution in [0.25, 0.3) is 0 Å². The van der Waals surface area contributed by atoms with Crippen LogP contribution >= 0.6 is 0 Å². The highest BCUT2D eigenvalue weighted by atomic mass is 16.5. The quantitative estimate of drug-likeness (QED) is 0.384. The first-order valence-electron chi connectivity index (χ1n) is 10.8. The number of carbonyl (C=O) groups is 1. The van der Waals surface area contributed by atoms with Crippen LogP contribution in [0.2, 0.25) is 0 Å². The molecule has 1 aromatic rings. The van der Waals surface area contributed by atoms with Crippen LogP contribution in [0.15, 0.2) is 24.3 Å². The summed E-state index contributed by atoms with van der Waals surface area (Å²) in [5, 5.41) is 0. The summed E-state index contributed by atoms with van der Waals surface area (Å²) in [7, 11) is 2.34. The van der Waals surface area contributed by atoms with Crippen molar-refractivity contribution in [3.05, 3.63) is 29.8 Å². The number of carbonyl (C=O) groups excluding carboxylic acids is 1. The van der Waals surface area contributed by atoms with E-state index in [2.05, 4.69) is 14.0 Å². The van der Waals surface area contributed by atoms with Gasteiger partial charge in [0.2, 0.25) is 0 Å². The smallest absolute Gasteiger partial charge is 0.338 e. The summed E-state index contributed by atoms with van der Waals surface area (Å²) >= 11 is 0. The molecular formula is C23H36NO3+. The Balaban J connectivity index is 1.40. The van der Waals surface area contributed by atoms with Crippen LogP contribution in [0.5, 0.6) is 5.75 Å². The van der Waals surface area contributed by atoms with Gasteiger partial charge in [0.25, 0.3) is 0 Å². The Kier molecular flexibility index (Phi) is 7.17. The minimum absolute atomic E-state index is 0.228. The van der Waals surface area contributed by atoms with E-state index in [0.717, 1.165) is 36.0 Å². The lowest BCUT2D eigenvalue weighted by atomic mass is 9.98. The molecule has 1 aliphatic carbocycles. The van der Waals surface area contributed by atoms with Gasteiger partial charge in [-0.25, -0.2) is 4.79 Å². The number of nitrogens with zero attached hydrogens (tertiary/aromatic N) is 1. The molecule has 2 aliphatic rings. The Morgan fingerprint density at radius 1 is 1.04 bits per heavy atom. The van der Waals surface area contributed by atoms with E-state index in [1.54, 1.807) is 0 Å². The van der Waals surface area contributed by atoms with Crippen LogP contribution in [-0.2, 0) is 4.74 Å². The third-order valence-corrected chi connectivity index (χ3v) is 6.60. The number of piperidine rings is 1. The summed E-state index contributed by atoms with van der Waals surface area (Å²) in [6.45, 7) is 5.18. The van der Waals surface area contributed by atoms with Crippen molar-refractivity contribution in [1.82, 2.24) is 0 Å². The molecule has 27 heavy (non-hydrogen) atoms. The van der Waals surface area contributed by atoms with Gasteiger partial charge >= 0.3 is 5.97 Å². The van der Waals surface area contributed by atoms with Crippen LogP contribution in [-0.4, -0.2) is 49.3 Å². The van der Waals surface area contributed by atoms with Crippen molar-refractivity contribution in [2.24, 2.45) is 0 Å². The maximum Gasteiger partial charge on any atom is 0.338 e. The van der Waals surface area contributed by atoms with Crippen molar-refractivity contribution in [2.75, 3.05) is 26.7 Å². The van der Waals surface area contributed by atoms with E-state index in [-0.39, 0.29) is 5.97 Å². The molecule has 1 heterocycles. The number of quaternary nitrogens is 1. The minimum atomic E-state index is -0.228. The maximum atomic E-state index is 12.3. The van der Waals surface area contributed by atoms with Crippen molar-refractivity contribution in [3.63, 3.8) is 0 Å². The van der Waals surface area contributed by atoms with Gasteiger partial charge in [0.1, 0.15) is 5.75 Å². The standard InChI is InChI=1S/C23H36NO3/c1-19-9-6-7-16-24(19,2)17-8-18-26-23(25)20-12-14-22(15-13-20)27-21-10-4-3-5-11-21/h12-15,19,21H,3-11,16-18H2,1-2H3/q+1. The normalized spacial score (nSPS) is 26.5. The van der Waals surface area contributed by atoms with E-state index in [1.165, 1.54) is 45.1 Å². The van der Waals surface area contributed by atoms with Crippen molar-refractivity contribution < 1.29 is 18.8 Å². The molecule has 0 N–H and O–H groups in total. The molecule has 0 amide bonds. The van der Waals surface area contributed by atoms with Crippen molar-refractivity contribution in [2.45, 2.75) is 76.9 Å². The summed E-state index contributed by atoms with van der Waals surface area (Å²) in [6, 6.07) is 8.15. The first kappa shape index (κ1) is 20.2. The molecule has 1 saturated carbocycles. The Labute approximate surface area is 164 Å². The average Bonchev–Trinajstić information content (AvgIpc) is 2.69. The number of esters is 1. The molecule has 3 rings (SSSR count). The highest BCUT2D eigenvalue weighted by molar-refractivity contribution is 5.89. The first-order chi connectivity index (χ1) is 13.1. The summed E-state index contributed by atoms with van der Waals surface area (Å²) in [6.07, 6.45) is 11.3. The summed E-state index contributed by atoms with van der Waals surface area (Å²) in [5.74, 6) is 0.628. The van der Waals surface area contributed by atoms with Crippen molar-refractivity contribution in [1.29, 1.82) is 0 Å². The SMILES string of the molecule is CC1CCCC[N+]1(C)CCCOC(=O)c1ccc(OC2CCCCC2)cc1. The highest BCUT2D eigenvalue weighted by Gasteiger charge is 2.31. The van der Waals surface area contributed by atoms with E-state index in [4.69, 9.17) is 9.47 Å². The first-order valence-corrected chi connectivity index (χ1v) is 10.8. The number of rotatable bonds is 7. The molecule has 1 aliphatic heterocycles. The summed E-state index contributed by atoms with van der Waals surface area (Å²) in [5.41, 5.74) is 0.609. The molecule has 2 atom stereocenters. The molecule has 0 bridgehead atoms. The molecule has 1 saturated heterocycles. The topological polar surface area (TPSA) is 35.5 Å². The molecule has 150 valence electrons. The second-order valence-corrected chi connectivity index (χ2v) is 8.66. The average molecular weight is 375 g/mol. The van der Waals surface area contributed by atoms with Gasteiger partial charge in [-0.2, -0.15) is 0 Å². The maximum absolute atomic E-state index is 12.3. The van der Waals surface area contributed by atoms with E-state index < -0.39 is 0 Å². The number of likely N-dealkylation sites (tertiary alicyclic amines) is 1. The van der Waals surface area contributed by atoms with Crippen LogP contribution in [0.3, 0.4) is 0 Å². The Morgan fingerprint density at radius 3 is 2.44 bits per heavy atom. The zero-order chi connectivity index (χ0) is 19.1. The third kappa shape index (κ3) is 5.71. The predicted octanol–water partition coefficient (Wildman–Crippen LogP) is 4.96. The van der Waals surface area contributed by atoms with Crippen LogP contribution in [0.4, 0.5) is 0 Å². The van der Waals surface area contributed by atoms with Crippen LogP contribution < -0.4 is 4.74 Å². The molecule has 2 fully saturated rings. The van der Waals surface area contributed by atoms with Gasteiger partial charge in [0.15, 0.2) is 0 Å². The Hall–Kier alpha value is -1.55. The zero-order valence-electron chi connectivity index (χ0n) is 17.1. The number of ether oxygens (including phenoxy) is 2. The number of hydrogen-bond donors (Lipinski definition) is 0. The van der Waals surface area contributed by atoms with Gasteiger partial charge in [-0.05, 0) is 76.1 Å².